The summed E-state index contributed by atoms with van der Waals surface area (Å²) in [4.78, 5) is 2.65. The van der Waals surface area contributed by atoms with Gasteiger partial charge in [-0.2, -0.15) is 0 Å². The molecule has 1 heteroatoms. The van der Waals surface area contributed by atoms with E-state index in [9.17, 15) is 0 Å². The van der Waals surface area contributed by atoms with E-state index < -0.39 is 0 Å². The predicted molar refractivity (Wildman–Crippen MR) is 222 cm³/mol. The maximum Gasteiger partial charge on any atom is 0.0349 e. The molecule has 0 atom stereocenters. The first-order chi connectivity index (χ1) is 24.0. The van der Waals surface area contributed by atoms with Crippen LogP contribution in [0.2, 0.25) is 0 Å². The maximum absolute atomic E-state index is 2.53. The van der Waals surface area contributed by atoms with Gasteiger partial charge in [-0.15, -0.1) is 11.3 Å². The van der Waals surface area contributed by atoms with Crippen LogP contribution in [0.15, 0.2) is 96.6 Å². The van der Waals surface area contributed by atoms with Gasteiger partial charge < -0.3 is 0 Å². The van der Waals surface area contributed by atoms with Crippen LogP contribution in [0, 0.1) is 13.8 Å². The van der Waals surface area contributed by atoms with Crippen molar-refractivity contribution in [3.8, 4) is 10.4 Å². The normalized spacial score (nSPS) is 13.0. The highest BCUT2D eigenvalue weighted by molar-refractivity contribution is 7.16. The van der Waals surface area contributed by atoms with Gasteiger partial charge >= 0.3 is 0 Å². The topological polar surface area (TPSA) is 0 Å². The van der Waals surface area contributed by atoms with Crippen LogP contribution in [0.4, 0.5) is 0 Å². The van der Waals surface area contributed by atoms with E-state index in [-0.39, 0.29) is 0 Å². The lowest BCUT2D eigenvalue weighted by atomic mass is 9.90. The summed E-state index contributed by atoms with van der Waals surface area (Å²) in [6.07, 6.45) is 29.0. The summed E-state index contributed by atoms with van der Waals surface area (Å²) >= 11 is 1.88. The minimum atomic E-state index is 1.10. The van der Waals surface area contributed by atoms with Crippen molar-refractivity contribution in [3.05, 3.63) is 140 Å². The fraction of sp³-hybridized carbons (Fsp3) is 0.375. The Balaban J connectivity index is 0.00000265. The number of aryl methyl sites for hydroxylation is 4. The molecule has 0 spiro atoms. The van der Waals surface area contributed by atoms with Crippen LogP contribution in [-0.2, 0) is 12.8 Å². The molecule has 1 heterocycles. The third-order valence-corrected chi connectivity index (χ3v) is 10.6. The van der Waals surface area contributed by atoms with Gasteiger partial charge in [-0.05, 0) is 115 Å². The quantitative estimate of drug-likeness (QED) is 0.104. The van der Waals surface area contributed by atoms with Crippen molar-refractivity contribution in [1.82, 2.24) is 0 Å². The van der Waals surface area contributed by atoms with E-state index in [1.165, 1.54) is 117 Å². The van der Waals surface area contributed by atoms with E-state index in [1.807, 2.05) is 25.2 Å². The van der Waals surface area contributed by atoms with Crippen molar-refractivity contribution < 1.29 is 0 Å². The zero-order chi connectivity index (χ0) is 34.8. The van der Waals surface area contributed by atoms with Gasteiger partial charge in [0.15, 0.2) is 0 Å². The molecule has 0 unspecified atom stereocenters. The van der Waals surface area contributed by atoms with Crippen LogP contribution < -0.4 is 0 Å². The van der Waals surface area contributed by atoms with Crippen LogP contribution in [0.5, 0.6) is 0 Å². The van der Waals surface area contributed by atoms with Gasteiger partial charge in [0.1, 0.15) is 0 Å². The minimum absolute atomic E-state index is 1.10. The highest BCUT2D eigenvalue weighted by Crippen LogP contribution is 2.32. The Morgan fingerprint density at radius 2 is 1.10 bits per heavy atom. The van der Waals surface area contributed by atoms with Gasteiger partial charge in [0.25, 0.3) is 0 Å². The molecule has 0 fully saturated rings. The fourth-order valence-corrected chi connectivity index (χ4v) is 7.36. The Kier molecular flexibility index (Phi) is 16.1. The Hall–Kier alpha value is -3.68. The molecule has 1 aromatic heterocycles. The molecule has 49 heavy (non-hydrogen) atoms. The largest absolute Gasteiger partial charge is 0.136 e. The van der Waals surface area contributed by atoms with E-state index in [0.717, 1.165) is 25.7 Å². The molecule has 0 amide bonds. The second-order valence-corrected chi connectivity index (χ2v) is 14.5. The molecule has 0 N–H and O–H groups in total. The molecular formula is C48H60S. The van der Waals surface area contributed by atoms with Gasteiger partial charge in [0.2, 0.25) is 0 Å². The average Bonchev–Trinajstić information content (AvgIpc) is 3.61. The van der Waals surface area contributed by atoms with Gasteiger partial charge in [0.05, 0.1) is 0 Å². The van der Waals surface area contributed by atoms with E-state index in [2.05, 4.69) is 137 Å². The number of allylic oxidation sites excluding steroid dienone is 5. The number of rotatable bonds is 16. The van der Waals surface area contributed by atoms with E-state index in [0.29, 0.717) is 0 Å². The Morgan fingerprint density at radius 1 is 0.551 bits per heavy atom. The van der Waals surface area contributed by atoms with Gasteiger partial charge in [0, 0.05) is 9.75 Å². The van der Waals surface area contributed by atoms with E-state index in [4.69, 9.17) is 0 Å². The van der Waals surface area contributed by atoms with E-state index >= 15 is 0 Å². The molecule has 0 saturated heterocycles. The first-order valence-electron chi connectivity index (χ1n) is 19.2. The molecule has 1 aliphatic rings. The van der Waals surface area contributed by atoms with E-state index in [1.54, 1.807) is 0 Å². The second-order valence-electron chi connectivity index (χ2n) is 13.4. The van der Waals surface area contributed by atoms with Gasteiger partial charge in [-0.3, -0.25) is 0 Å². The lowest BCUT2D eigenvalue weighted by Gasteiger charge is -2.15. The molecule has 0 saturated carbocycles. The fourth-order valence-electron chi connectivity index (χ4n) is 6.44. The monoisotopic (exact) mass is 668 g/mol. The van der Waals surface area contributed by atoms with Crippen molar-refractivity contribution in [2.75, 3.05) is 0 Å². The minimum Gasteiger partial charge on any atom is -0.136 e. The number of hydrogen-bond donors (Lipinski definition) is 0. The molecule has 5 rings (SSSR count). The molecule has 258 valence electrons. The summed E-state index contributed by atoms with van der Waals surface area (Å²) in [5.41, 5.74) is 14.0. The van der Waals surface area contributed by atoms with Gasteiger partial charge in [-0.25, -0.2) is 0 Å². The number of hydrogen-bond acceptors (Lipinski definition) is 1. The highest BCUT2D eigenvalue weighted by Gasteiger charge is 2.11. The standard InChI is InChI=1S/C46H54S.C2H6/c1-5-7-9-11-13-41-34-44(29-30-45-31-32-46(47-45)40-24-17-36(4)18-25-40)42(14-12-10-8-6-2)33-43(41)28-21-37-19-26-39(27-20-37)38-22-15-35(3)16-23-38;1-2/h15-19,21-26,28-34H,5-14,20,27H2,1-4H3;1-2H3/b28-21+,30-29+;. The van der Waals surface area contributed by atoms with Crippen molar-refractivity contribution in [2.24, 2.45) is 0 Å². The summed E-state index contributed by atoms with van der Waals surface area (Å²) in [5, 5.41) is 0. The average molecular weight is 669 g/mol. The molecule has 1 aliphatic carbocycles. The van der Waals surface area contributed by atoms with Crippen LogP contribution in [0.3, 0.4) is 0 Å². The Labute approximate surface area is 303 Å². The zero-order valence-electron chi connectivity index (χ0n) is 31.3. The predicted octanol–water partition coefficient (Wildman–Crippen LogP) is 15.3. The molecule has 0 bridgehead atoms. The third kappa shape index (κ3) is 12.0. The van der Waals surface area contributed by atoms with Crippen molar-refractivity contribution >= 4 is 35.1 Å². The summed E-state index contributed by atoms with van der Waals surface area (Å²) in [7, 11) is 0. The van der Waals surface area contributed by atoms with Gasteiger partial charge in [-0.1, -0.05) is 168 Å². The summed E-state index contributed by atoms with van der Waals surface area (Å²) in [6.45, 7) is 12.9. The number of thiophene rings is 1. The van der Waals surface area contributed by atoms with Crippen LogP contribution in [0.25, 0.3) is 34.2 Å². The molecule has 0 radical (unpaired) electrons. The molecule has 4 aromatic rings. The first kappa shape index (κ1) is 38.1. The van der Waals surface area contributed by atoms with Crippen LogP contribution in [-0.4, -0.2) is 0 Å². The van der Waals surface area contributed by atoms with Crippen LogP contribution >= 0.6 is 11.3 Å². The number of benzene rings is 3. The second kappa shape index (κ2) is 20.7. The third-order valence-electron chi connectivity index (χ3n) is 9.47. The molecular weight excluding hydrogens is 609 g/mol. The summed E-state index contributed by atoms with van der Waals surface area (Å²) < 4.78 is 0. The van der Waals surface area contributed by atoms with Crippen molar-refractivity contribution in [2.45, 2.75) is 119 Å². The lowest BCUT2D eigenvalue weighted by Crippen LogP contribution is -1.98. The molecule has 3 aromatic carbocycles. The van der Waals surface area contributed by atoms with Crippen LogP contribution in [0.1, 0.15) is 136 Å². The Morgan fingerprint density at radius 3 is 1.63 bits per heavy atom. The first-order valence-corrected chi connectivity index (χ1v) is 20.0. The zero-order valence-corrected chi connectivity index (χ0v) is 32.1. The summed E-state index contributed by atoms with van der Waals surface area (Å²) in [6, 6.07) is 27.5. The lowest BCUT2D eigenvalue weighted by molar-refractivity contribution is 0.663. The molecule has 0 aliphatic heterocycles. The summed E-state index contributed by atoms with van der Waals surface area (Å²) in [5.74, 6) is 0. The number of unbranched alkanes of at least 4 members (excludes halogenated alkanes) is 6. The molecule has 0 nitrogen and oxygen atoms in total. The van der Waals surface area contributed by atoms with Crippen molar-refractivity contribution in [1.29, 1.82) is 0 Å². The van der Waals surface area contributed by atoms with Crippen molar-refractivity contribution in [3.63, 3.8) is 0 Å². The smallest absolute Gasteiger partial charge is 0.0349 e. The highest BCUT2D eigenvalue weighted by atomic mass is 32.1. The maximum atomic E-state index is 2.53. The Bertz CT molecular complexity index is 1680. The SMILES string of the molecule is CC.CCCCCCc1cc(/C=C/c2ccc(-c3ccc(C)cc3)s2)c(CCCCCC)cc1/C=C/C1=CC=C(c2ccc(C)cc2)CC1.